The second kappa shape index (κ2) is 5.11. The fourth-order valence-corrected chi connectivity index (χ4v) is 3.11. The number of carbonyl (C=O) groups is 1. The Labute approximate surface area is 93.0 Å². The molecule has 2 rings (SSSR count). The van der Waals surface area contributed by atoms with E-state index in [1.807, 2.05) is 0 Å². The van der Waals surface area contributed by atoms with Gasteiger partial charge in [0.25, 0.3) is 0 Å². The number of rotatable bonds is 2. The first kappa shape index (κ1) is 11.1. The topological polar surface area (TPSA) is 20.3 Å². The Bertz CT molecular complexity index is 221. The van der Waals surface area contributed by atoms with Crippen LogP contribution in [0.3, 0.4) is 0 Å². The summed E-state index contributed by atoms with van der Waals surface area (Å²) >= 11 is 0. The molecule has 2 fully saturated rings. The molecule has 0 bridgehead atoms. The average molecular weight is 209 g/mol. The summed E-state index contributed by atoms with van der Waals surface area (Å²) in [7, 11) is 2.15. The van der Waals surface area contributed by atoms with E-state index in [2.05, 4.69) is 11.9 Å². The van der Waals surface area contributed by atoms with Crippen molar-refractivity contribution in [1.29, 1.82) is 0 Å². The minimum Gasteiger partial charge on any atom is -0.306 e. The van der Waals surface area contributed by atoms with Gasteiger partial charge in [0.05, 0.1) is 0 Å². The largest absolute Gasteiger partial charge is 0.306 e. The van der Waals surface area contributed by atoms with Gasteiger partial charge in [0.1, 0.15) is 5.78 Å². The number of Topliss-reactive ketones (excluding diaryl/α,β-unsaturated/α-hetero) is 1. The fraction of sp³-hybridized carbons (Fsp3) is 0.923. The third kappa shape index (κ3) is 2.81. The highest BCUT2D eigenvalue weighted by Crippen LogP contribution is 2.30. The summed E-state index contributed by atoms with van der Waals surface area (Å²) in [4.78, 5) is 14.6. The molecule has 0 amide bonds. The van der Waals surface area contributed by atoms with Crippen molar-refractivity contribution in [3.05, 3.63) is 0 Å². The zero-order valence-electron chi connectivity index (χ0n) is 9.87. The van der Waals surface area contributed by atoms with Crippen LogP contribution in [0.5, 0.6) is 0 Å². The molecule has 15 heavy (non-hydrogen) atoms. The summed E-state index contributed by atoms with van der Waals surface area (Å²) < 4.78 is 0. The summed E-state index contributed by atoms with van der Waals surface area (Å²) in [6.45, 7) is 2.18. The van der Waals surface area contributed by atoms with Crippen molar-refractivity contribution in [2.24, 2.45) is 11.8 Å². The molecule has 1 aliphatic carbocycles. The van der Waals surface area contributed by atoms with Crippen molar-refractivity contribution in [2.45, 2.75) is 44.9 Å². The summed E-state index contributed by atoms with van der Waals surface area (Å²) in [6, 6.07) is 0. The van der Waals surface area contributed by atoms with E-state index < -0.39 is 0 Å². The maximum absolute atomic E-state index is 12.3. The van der Waals surface area contributed by atoms with E-state index in [-0.39, 0.29) is 0 Å². The van der Waals surface area contributed by atoms with E-state index in [1.165, 1.54) is 45.1 Å². The molecule has 0 aromatic heterocycles. The molecule has 2 nitrogen and oxygen atoms in total. The molecule has 2 aliphatic rings. The van der Waals surface area contributed by atoms with E-state index in [0.717, 1.165) is 13.0 Å². The lowest BCUT2D eigenvalue weighted by Crippen LogP contribution is -2.31. The highest BCUT2D eigenvalue weighted by molar-refractivity contribution is 5.83. The summed E-state index contributed by atoms with van der Waals surface area (Å²) in [6.07, 6.45) is 8.54. The van der Waals surface area contributed by atoms with E-state index in [1.54, 1.807) is 0 Å². The second-order valence-corrected chi connectivity index (χ2v) is 5.34. The van der Waals surface area contributed by atoms with Crippen molar-refractivity contribution >= 4 is 5.78 Å². The Morgan fingerprint density at radius 2 is 1.60 bits per heavy atom. The molecule has 0 aromatic carbocycles. The van der Waals surface area contributed by atoms with Gasteiger partial charge in [0, 0.05) is 18.4 Å². The minimum absolute atomic E-state index is 0.348. The quantitative estimate of drug-likeness (QED) is 0.696. The zero-order valence-corrected chi connectivity index (χ0v) is 9.87. The third-order valence-corrected chi connectivity index (χ3v) is 4.03. The van der Waals surface area contributed by atoms with E-state index in [0.29, 0.717) is 17.6 Å². The smallest absolute Gasteiger partial charge is 0.140 e. The molecule has 0 aromatic rings. The number of likely N-dealkylation sites (tertiary alicyclic amines) is 1. The molecule has 0 N–H and O–H groups in total. The van der Waals surface area contributed by atoms with Crippen LogP contribution in [-0.2, 0) is 4.79 Å². The van der Waals surface area contributed by atoms with Crippen LogP contribution in [-0.4, -0.2) is 30.8 Å². The van der Waals surface area contributed by atoms with Gasteiger partial charge < -0.3 is 4.90 Å². The van der Waals surface area contributed by atoms with Gasteiger partial charge in [-0.25, -0.2) is 0 Å². The Hall–Kier alpha value is -0.370. The molecular weight excluding hydrogens is 186 g/mol. The summed E-state index contributed by atoms with van der Waals surface area (Å²) in [5.74, 6) is 1.35. The maximum atomic E-state index is 12.3. The molecule has 1 atom stereocenters. The molecule has 0 radical (unpaired) electrons. The summed E-state index contributed by atoms with van der Waals surface area (Å²) in [5, 5.41) is 0. The van der Waals surface area contributed by atoms with Gasteiger partial charge in [-0.05, 0) is 39.3 Å². The van der Waals surface area contributed by atoms with E-state index >= 15 is 0 Å². The third-order valence-electron chi connectivity index (χ3n) is 4.03. The first-order valence-corrected chi connectivity index (χ1v) is 6.49. The molecule has 1 heterocycles. The van der Waals surface area contributed by atoms with E-state index in [9.17, 15) is 4.79 Å². The normalized spacial score (nSPS) is 30.3. The molecule has 1 saturated carbocycles. The standard InChI is InChI=1S/C13H23NO/c1-14-9-5-4-8-12(10-14)13(15)11-6-2-3-7-11/h11-12H,2-10H2,1H3. The lowest BCUT2D eigenvalue weighted by atomic mass is 9.88. The van der Waals surface area contributed by atoms with Crippen LogP contribution in [0.25, 0.3) is 0 Å². The zero-order chi connectivity index (χ0) is 10.7. The second-order valence-electron chi connectivity index (χ2n) is 5.34. The molecule has 1 unspecified atom stereocenters. The Balaban J connectivity index is 1.92. The van der Waals surface area contributed by atoms with Crippen LogP contribution in [0.2, 0.25) is 0 Å². The van der Waals surface area contributed by atoms with Crippen LogP contribution in [0.4, 0.5) is 0 Å². The molecule has 1 saturated heterocycles. The number of carbonyl (C=O) groups excluding carboxylic acids is 1. The highest BCUT2D eigenvalue weighted by Gasteiger charge is 2.30. The van der Waals surface area contributed by atoms with Gasteiger partial charge in [0.15, 0.2) is 0 Å². The van der Waals surface area contributed by atoms with Crippen LogP contribution in [0, 0.1) is 11.8 Å². The Morgan fingerprint density at radius 3 is 2.33 bits per heavy atom. The van der Waals surface area contributed by atoms with Crippen LogP contribution in [0.1, 0.15) is 44.9 Å². The SMILES string of the molecule is CN1CCCCC(C(=O)C2CCCC2)C1. The number of hydrogen-bond acceptors (Lipinski definition) is 2. The van der Waals surface area contributed by atoms with E-state index in [4.69, 9.17) is 0 Å². The predicted octanol–water partition coefficient (Wildman–Crippen LogP) is 2.48. The number of nitrogens with zero attached hydrogens (tertiary/aromatic N) is 1. The first-order valence-electron chi connectivity index (χ1n) is 6.49. The van der Waals surface area contributed by atoms with Crippen molar-refractivity contribution in [1.82, 2.24) is 4.90 Å². The van der Waals surface area contributed by atoms with Gasteiger partial charge in [0.2, 0.25) is 0 Å². The first-order chi connectivity index (χ1) is 7.27. The summed E-state index contributed by atoms with van der Waals surface area (Å²) in [5.41, 5.74) is 0. The predicted molar refractivity (Wildman–Crippen MR) is 61.8 cm³/mol. The average Bonchev–Trinajstić information content (AvgIpc) is 2.67. The van der Waals surface area contributed by atoms with Gasteiger partial charge in [-0.3, -0.25) is 4.79 Å². The molecular formula is C13H23NO. The Morgan fingerprint density at radius 1 is 1.00 bits per heavy atom. The van der Waals surface area contributed by atoms with Crippen molar-refractivity contribution < 1.29 is 4.79 Å². The van der Waals surface area contributed by atoms with Crippen LogP contribution in [0.15, 0.2) is 0 Å². The van der Waals surface area contributed by atoms with Crippen LogP contribution >= 0.6 is 0 Å². The van der Waals surface area contributed by atoms with Crippen molar-refractivity contribution in [2.75, 3.05) is 20.1 Å². The van der Waals surface area contributed by atoms with Crippen molar-refractivity contribution in [3.63, 3.8) is 0 Å². The lowest BCUT2D eigenvalue weighted by Gasteiger charge is -2.21. The highest BCUT2D eigenvalue weighted by atomic mass is 16.1. The Kier molecular flexibility index (Phi) is 3.79. The minimum atomic E-state index is 0.348. The maximum Gasteiger partial charge on any atom is 0.140 e. The van der Waals surface area contributed by atoms with Gasteiger partial charge in [-0.2, -0.15) is 0 Å². The monoisotopic (exact) mass is 209 g/mol. The van der Waals surface area contributed by atoms with Gasteiger partial charge in [-0.1, -0.05) is 19.3 Å². The fourth-order valence-electron chi connectivity index (χ4n) is 3.11. The lowest BCUT2D eigenvalue weighted by molar-refractivity contribution is -0.127. The molecule has 1 aliphatic heterocycles. The van der Waals surface area contributed by atoms with Gasteiger partial charge >= 0.3 is 0 Å². The van der Waals surface area contributed by atoms with Crippen molar-refractivity contribution in [3.8, 4) is 0 Å². The number of hydrogen-bond donors (Lipinski definition) is 0. The molecule has 2 heteroatoms. The molecule has 86 valence electrons. The van der Waals surface area contributed by atoms with Crippen LogP contribution < -0.4 is 0 Å². The molecule has 0 spiro atoms. The van der Waals surface area contributed by atoms with Gasteiger partial charge in [-0.15, -0.1) is 0 Å². The number of ketones is 1.